The first-order valence-corrected chi connectivity index (χ1v) is 6.12. The van der Waals surface area contributed by atoms with Crippen LogP contribution in [-0.4, -0.2) is 23.2 Å². The molecule has 0 saturated carbocycles. The molecule has 2 aromatic rings. The second-order valence-electron chi connectivity index (χ2n) is 4.15. The molecule has 0 amide bonds. The fourth-order valence-corrected chi connectivity index (χ4v) is 2.05. The van der Waals surface area contributed by atoms with Gasteiger partial charge in [0.1, 0.15) is 5.75 Å². The summed E-state index contributed by atoms with van der Waals surface area (Å²) in [7, 11) is 3.95. The van der Waals surface area contributed by atoms with Gasteiger partial charge >= 0.3 is 0 Å². The van der Waals surface area contributed by atoms with E-state index < -0.39 is 0 Å². The van der Waals surface area contributed by atoms with Crippen molar-refractivity contribution in [3.63, 3.8) is 0 Å². The zero-order valence-corrected chi connectivity index (χ0v) is 11.1. The molecule has 1 unspecified atom stereocenters. The molecular weight excluding hydrogens is 226 g/mol. The Morgan fingerprint density at radius 2 is 2.06 bits per heavy atom. The highest BCUT2D eigenvalue weighted by Gasteiger charge is 2.14. The molecule has 0 aliphatic rings. The maximum absolute atomic E-state index is 5.45. The summed E-state index contributed by atoms with van der Waals surface area (Å²) >= 11 is 0. The minimum Gasteiger partial charge on any atom is -0.494 e. The van der Waals surface area contributed by atoms with Crippen molar-refractivity contribution < 1.29 is 4.74 Å². The first-order chi connectivity index (χ1) is 8.76. The molecular formula is C14H19N3O. The number of hydrogen-bond donors (Lipinski definition) is 1. The van der Waals surface area contributed by atoms with Crippen molar-refractivity contribution in [3.8, 4) is 5.75 Å². The molecule has 1 atom stereocenters. The lowest BCUT2D eigenvalue weighted by atomic mass is 10.0. The van der Waals surface area contributed by atoms with Gasteiger partial charge in [0.15, 0.2) is 0 Å². The Balaban J connectivity index is 2.25. The minimum absolute atomic E-state index is 0.146. The predicted molar refractivity (Wildman–Crippen MR) is 71.7 cm³/mol. The number of aromatic nitrogens is 2. The zero-order valence-electron chi connectivity index (χ0n) is 11.1. The zero-order chi connectivity index (χ0) is 13.0. The van der Waals surface area contributed by atoms with E-state index in [9.17, 15) is 0 Å². The lowest BCUT2D eigenvalue weighted by Gasteiger charge is -2.17. The normalized spacial score (nSPS) is 12.4. The average molecular weight is 245 g/mol. The third-order valence-electron chi connectivity index (χ3n) is 2.96. The van der Waals surface area contributed by atoms with Gasteiger partial charge in [-0.3, -0.25) is 0 Å². The van der Waals surface area contributed by atoms with Crippen LogP contribution in [0.25, 0.3) is 0 Å². The van der Waals surface area contributed by atoms with Gasteiger partial charge in [0.2, 0.25) is 0 Å². The minimum atomic E-state index is 0.146. The lowest BCUT2D eigenvalue weighted by molar-refractivity contribution is 0.340. The van der Waals surface area contributed by atoms with Crippen molar-refractivity contribution in [1.82, 2.24) is 14.9 Å². The maximum Gasteiger partial charge on any atom is 0.119 e. The van der Waals surface area contributed by atoms with Crippen LogP contribution < -0.4 is 10.1 Å². The second-order valence-corrected chi connectivity index (χ2v) is 4.15. The van der Waals surface area contributed by atoms with E-state index in [-0.39, 0.29) is 6.04 Å². The molecule has 4 nitrogen and oxygen atoms in total. The van der Waals surface area contributed by atoms with E-state index in [1.165, 1.54) is 5.56 Å². The molecule has 4 heteroatoms. The molecule has 1 heterocycles. The van der Waals surface area contributed by atoms with Crippen LogP contribution in [0.2, 0.25) is 0 Å². The molecule has 1 aromatic carbocycles. The van der Waals surface area contributed by atoms with E-state index in [0.29, 0.717) is 6.61 Å². The van der Waals surface area contributed by atoms with Gasteiger partial charge in [-0.1, -0.05) is 12.1 Å². The number of benzene rings is 1. The Labute approximate surface area is 108 Å². The first kappa shape index (κ1) is 12.6. The second kappa shape index (κ2) is 5.69. The number of nitrogens with zero attached hydrogens (tertiary/aromatic N) is 2. The van der Waals surface area contributed by atoms with Gasteiger partial charge in [-0.15, -0.1) is 0 Å². The third kappa shape index (κ3) is 2.54. The van der Waals surface area contributed by atoms with Crippen LogP contribution in [0.1, 0.15) is 24.2 Å². The summed E-state index contributed by atoms with van der Waals surface area (Å²) in [6.45, 7) is 2.68. The Morgan fingerprint density at radius 3 is 2.56 bits per heavy atom. The van der Waals surface area contributed by atoms with Crippen LogP contribution in [0.15, 0.2) is 36.8 Å². The number of nitrogens with one attached hydrogen (secondary N) is 1. The molecule has 0 radical (unpaired) electrons. The predicted octanol–water partition coefficient (Wildman–Crippen LogP) is 2.13. The van der Waals surface area contributed by atoms with E-state index >= 15 is 0 Å². The average Bonchev–Trinajstić information content (AvgIpc) is 2.79. The summed E-state index contributed by atoms with van der Waals surface area (Å²) in [5.41, 5.74) is 2.34. The van der Waals surface area contributed by atoms with Crippen LogP contribution in [0.3, 0.4) is 0 Å². The number of aryl methyl sites for hydroxylation is 1. The molecule has 1 N–H and O–H groups in total. The van der Waals surface area contributed by atoms with Gasteiger partial charge in [-0.25, -0.2) is 4.98 Å². The SMILES string of the molecule is CCOc1ccc(C(NC)c2cncn2C)cc1. The molecule has 0 aliphatic heterocycles. The fraction of sp³-hybridized carbons (Fsp3) is 0.357. The summed E-state index contributed by atoms with van der Waals surface area (Å²) in [6.07, 6.45) is 3.70. The maximum atomic E-state index is 5.45. The summed E-state index contributed by atoms with van der Waals surface area (Å²) < 4.78 is 7.48. The Kier molecular flexibility index (Phi) is 3.99. The number of ether oxygens (including phenoxy) is 1. The molecule has 1 aromatic heterocycles. The summed E-state index contributed by atoms with van der Waals surface area (Å²) in [5, 5.41) is 3.31. The lowest BCUT2D eigenvalue weighted by Crippen LogP contribution is -2.20. The van der Waals surface area contributed by atoms with Gasteiger partial charge in [-0.05, 0) is 31.7 Å². The van der Waals surface area contributed by atoms with Crippen LogP contribution in [0.5, 0.6) is 5.75 Å². The van der Waals surface area contributed by atoms with Crippen molar-refractivity contribution >= 4 is 0 Å². The quantitative estimate of drug-likeness (QED) is 0.877. The van der Waals surface area contributed by atoms with E-state index in [4.69, 9.17) is 4.74 Å². The Morgan fingerprint density at radius 1 is 1.33 bits per heavy atom. The highest BCUT2D eigenvalue weighted by molar-refractivity contribution is 5.33. The smallest absolute Gasteiger partial charge is 0.119 e. The molecule has 0 fully saturated rings. The van der Waals surface area contributed by atoms with Gasteiger partial charge < -0.3 is 14.6 Å². The number of imidazole rings is 1. The number of hydrogen-bond acceptors (Lipinski definition) is 3. The summed E-state index contributed by atoms with van der Waals surface area (Å²) in [6, 6.07) is 8.31. The van der Waals surface area contributed by atoms with E-state index in [1.807, 2.05) is 50.2 Å². The molecule has 18 heavy (non-hydrogen) atoms. The van der Waals surface area contributed by atoms with Gasteiger partial charge in [0.25, 0.3) is 0 Å². The number of rotatable bonds is 5. The molecule has 0 aliphatic carbocycles. The van der Waals surface area contributed by atoms with Crippen LogP contribution in [0, 0.1) is 0 Å². The third-order valence-corrected chi connectivity index (χ3v) is 2.96. The molecule has 2 rings (SSSR count). The van der Waals surface area contributed by atoms with Crippen LogP contribution in [0.4, 0.5) is 0 Å². The molecule has 96 valence electrons. The van der Waals surface area contributed by atoms with E-state index in [0.717, 1.165) is 11.4 Å². The van der Waals surface area contributed by atoms with Crippen molar-refractivity contribution in [2.24, 2.45) is 7.05 Å². The van der Waals surface area contributed by atoms with E-state index in [1.54, 1.807) is 0 Å². The van der Waals surface area contributed by atoms with Crippen molar-refractivity contribution in [3.05, 3.63) is 48.0 Å². The largest absolute Gasteiger partial charge is 0.494 e. The van der Waals surface area contributed by atoms with Crippen molar-refractivity contribution in [2.45, 2.75) is 13.0 Å². The van der Waals surface area contributed by atoms with Crippen molar-refractivity contribution in [2.75, 3.05) is 13.7 Å². The first-order valence-electron chi connectivity index (χ1n) is 6.12. The molecule has 0 saturated heterocycles. The van der Waals surface area contributed by atoms with Gasteiger partial charge in [-0.2, -0.15) is 0 Å². The summed E-state index contributed by atoms with van der Waals surface area (Å²) in [4.78, 5) is 4.16. The Hall–Kier alpha value is -1.81. The van der Waals surface area contributed by atoms with Crippen molar-refractivity contribution in [1.29, 1.82) is 0 Å². The fourth-order valence-electron chi connectivity index (χ4n) is 2.05. The monoisotopic (exact) mass is 245 g/mol. The highest BCUT2D eigenvalue weighted by Crippen LogP contribution is 2.23. The molecule has 0 bridgehead atoms. The van der Waals surface area contributed by atoms with Crippen LogP contribution >= 0.6 is 0 Å². The summed E-state index contributed by atoms with van der Waals surface area (Å²) in [5.74, 6) is 0.904. The van der Waals surface area contributed by atoms with E-state index in [2.05, 4.69) is 22.4 Å². The Bertz CT molecular complexity index is 490. The van der Waals surface area contributed by atoms with Crippen LogP contribution in [-0.2, 0) is 7.05 Å². The van der Waals surface area contributed by atoms with Gasteiger partial charge in [0, 0.05) is 7.05 Å². The highest BCUT2D eigenvalue weighted by atomic mass is 16.5. The standard InChI is InChI=1S/C14H19N3O/c1-4-18-12-7-5-11(6-8-12)14(15-2)13-9-16-10-17(13)3/h5-10,14-15H,4H2,1-3H3. The topological polar surface area (TPSA) is 39.1 Å². The molecule has 0 spiro atoms. The van der Waals surface area contributed by atoms with Gasteiger partial charge in [0.05, 0.1) is 30.9 Å².